The first-order chi connectivity index (χ1) is 11.4. The lowest BCUT2D eigenvalue weighted by molar-refractivity contribution is -0.151. The van der Waals surface area contributed by atoms with Crippen LogP contribution < -0.4 is 0 Å². The maximum absolute atomic E-state index is 13.7. The van der Waals surface area contributed by atoms with Gasteiger partial charge in [-0.3, -0.25) is 14.5 Å². The first-order valence-corrected chi connectivity index (χ1v) is 8.10. The van der Waals surface area contributed by atoms with Crippen LogP contribution in [0, 0.1) is 17.6 Å². The van der Waals surface area contributed by atoms with Gasteiger partial charge in [-0.15, -0.1) is 0 Å². The minimum absolute atomic E-state index is 0.253. The highest BCUT2D eigenvalue weighted by molar-refractivity contribution is 5.96. The van der Waals surface area contributed by atoms with Gasteiger partial charge in [-0.1, -0.05) is 6.92 Å². The summed E-state index contributed by atoms with van der Waals surface area (Å²) in [7, 11) is 0. The lowest BCUT2D eigenvalue weighted by atomic mass is 10.1. The summed E-state index contributed by atoms with van der Waals surface area (Å²) in [6.45, 7) is 3.95. The van der Waals surface area contributed by atoms with E-state index < -0.39 is 23.5 Å². The fourth-order valence-corrected chi connectivity index (χ4v) is 2.93. The Morgan fingerprint density at radius 3 is 2.62 bits per heavy atom. The number of benzene rings is 1. The van der Waals surface area contributed by atoms with Crippen LogP contribution in [0.15, 0.2) is 18.2 Å². The van der Waals surface area contributed by atoms with E-state index in [4.69, 9.17) is 5.11 Å². The quantitative estimate of drug-likeness (QED) is 0.834. The molecule has 0 aliphatic carbocycles. The molecule has 0 aromatic heterocycles. The Kier molecular flexibility index (Phi) is 6.25. The maximum Gasteiger partial charge on any atom is 0.316 e. The third-order valence-corrected chi connectivity index (χ3v) is 4.31. The molecule has 1 fully saturated rings. The van der Waals surface area contributed by atoms with Crippen molar-refractivity contribution in [2.45, 2.75) is 26.3 Å². The molecule has 1 atom stereocenters. The summed E-state index contributed by atoms with van der Waals surface area (Å²) in [5.74, 6) is -3.43. The minimum Gasteiger partial charge on any atom is -0.481 e. The molecule has 1 unspecified atom stereocenters. The zero-order valence-electron chi connectivity index (χ0n) is 13.7. The number of amides is 1. The van der Waals surface area contributed by atoms with Crippen LogP contribution >= 0.6 is 0 Å². The second kappa shape index (κ2) is 8.19. The smallest absolute Gasteiger partial charge is 0.316 e. The van der Waals surface area contributed by atoms with Crippen molar-refractivity contribution in [3.8, 4) is 0 Å². The number of carbonyl (C=O) groups is 2. The van der Waals surface area contributed by atoms with E-state index in [2.05, 4.69) is 0 Å². The van der Waals surface area contributed by atoms with Crippen molar-refractivity contribution in [3.63, 3.8) is 0 Å². The van der Waals surface area contributed by atoms with Crippen LogP contribution in [-0.2, 0) is 16.1 Å². The van der Waals surface area contributed by atoms with E-state index in [1.807, 2.05) is 4.90 Å². The van der Waals surface area contributed by atoms with Crippen LogP contribution in [0.25, 0.3) is 0 Å². The van der Waals surface area contributed by atoms with E-state index in [1.54, 1.807) is 11.8 Å². The van der Waals surface area contributed by atoms with Gasteiger partial charge in [0.05, 0.1) is 0 Å². The van der Waals surface area contributed by atoms with E-state index >= 15 is 0 Å². The number of hydrogen-bond acceptors (Lipinski definition) is 3. The van der Waals surface area contributed by atoms with Crippen molar-refractivity contribution in [2.75, 3.05) is 26.2 Å². The second-order valence-corrected chi connectivity index (χ2v) is 5.99. The van der Waals surface area contributed by atoms with E-state index in [1.165, 1.54) is 6.07 Å². The molecule has 0 spiro atoms. The summed E-state index contributed by atoms with van der Waals surface area (Å²) in [5.41, 5.74) is 0.284. The third-order valence-electron chi connectivity index (χ3n) is 4.31. The predicted molar refractivity (Wildman–Crippen MR) is 84.2 cm³/mol. The van der Waals surface area contributed by atoms with Crippen LogP contribution in [-0.4, -0.2) is 53.0 Å². The second-order valence-electron chi connectivity index (χ2n) is 5.99. The van der Waals surface area contributed by atoms with Gasteiger partial charge in [-0.2, -0.15) is 0 Å². The molecule has 1 aromatic rings. The van der Waals surface area contributed by atoms with Gasteiger partial charge in [0.15, 0.2) is 0 Å². The molecule has 2 rings (SSSR count). The average molecular weight is 340 g/mol. The molecular formula is C17H22F2N2O3. The van der Waals surface area contributed by atoms with Gasteiger partial charge in [0.1, 0.15) is 17.6 Å². The van der Waals surface area contributed by atoms with Gasteiger partial charge in [0.2, 0.25) is 5.91 Å². The molecule has 1 aliphatic rings. The number of rotatable bonds is 5. The summed E-state index contributed by atoms with van der Waals surface area (Å²) >= 11 is 0. The van der Waals surface area contributed by atoms with Gasteiger partial charge in [-0.05, 0) is 31.0 Å². The Morgan fingerprint density at radius 1 is 1.21 bits per heavy atom. The molecule has 132 valence electrons. The molecule has 1 N–H and O–H groups in total. The molecule has 1 saturated heterocycles. The highest BCUT2D eigenvalue weighted by Gasteiger charge is 2.30. The number of carboxylic acids is 1. The molecule has 5 nitrogen and oxygen atoms in total. The molecule has 0 radical (unpaired) electrons. The topological polar surface area (TPSA) is 60.9 Å². The standard InChI is InChI=1S/C17H22F2N2O3/c1-2-14(17(23)24)16(22)21-7-3-6-20(8-9-21)11-12-10-13(18)4-5-15(12)19/h4-5,10,14H,2-3,6-9,11H2,1H3,(H,23,24). The number of hydrogen-bond donors (Lipinski definition) is 1. The van der Waals surface area contributed by atoms with Crippen LogP contribution in [0.5, 0.6) is 0 Å². The fraction of sp³-hybridized carbons (Fsp3) is 0.529. The number of nitrogens with zero attached hydrogens (tertiary/aromatic N) is 2. The summed E-state index contributed by atoms with van der Waals surface area (Å²) in [5, 5.41) is 9.11. The summed E-state index contributed by atoms with van der Waals surface area (Å²) in [4.78, 5) is 27.0. The van der Waals surface area contributed by atoms with Gasteiger partial charge in [0.25, 0.3) is 0 Å². The zero-order valence-corrected chi connectivity index (χ0v) is 13.7. The van der Waals surface area contributed by atoms with Crippen molar-refractivity contribution in [2.24, 2.45) is 5.92 Å². The Labute approximate surface area is 139 Å². The first kappa shape index (κ1) is 18.3. The number of halogens is 2. The minimum atomic E-state index is -1.11. The van der Waals surface area contributed by atoms with Gasteiger partial charge in [-0.25, -0.2) is 8.78 Å². The van der Waals surface area contributed by atoms with Crippen LogP contribution in [0.3, 0.4) is 0 Å². The van der Waals surface area contributed by atoms with Crippen molar-refractivity contribution in [1.82, 2.24) is 9.80 Å². The SMILES string of the molecule is CCC(C(=O)O)C(=O)N1CCCN(Cc2cc(F)ccc2F)CC1. The van der Waals surface area contributed by atoms with Crippen LogP contribution in [0.4, 0.5) is 8.78 Å². The van der Waals surface area contributed by atoms with Crippen LogP contribution in [0.2, 0.25) is 0 Å². The number of carboxylic acid groups (broad SMARTS) is 1. The lowest BCUT2D eigenvalue weighted by Gasteiger charge is -2.24. The fourth-order valence-electron chi connectivity index (χ4n) is 2.93. The highest BCUT2D eigenvalue weighted by atomic mass is 19.1. The Morgan fingerprint density at radius 2 is 1.96 bits per heavy atom. The highest BCUT2D eigenvalue weighted by Crippen LogP contribution is 2.16. The molecule has 1 amide bonds. The number of aliphatic carboxylic acids is 1. The van der Waals surface area contributed by atoms with E-state index in [9.17, 15) is 18.4 Å². The van der Waals surface area contributed by atoms with Crippen molar-refractivity contribution >= 4 is 11.9 Å². The average Bonchev–Trinajstić information content (AvgIpc) is 2.77. The molecule has 0 saturated carbocycles. The Bertz CT molecular complexity index is 609. The molecule has 1 aromatic carbocycles. The van der Waals surface area contributed by atoms with E-state index in [0.717, 1.165) is 12.1 Å². The molecule has 1 aliphatic heterocycles. The first-order valence-electron chi connectivity index (χ1n) is 8.10. The normalized spacial score (nSPS) is 17.4. The van der Waals surface area contributed by atoms with E-state index in [0.29, 0.717) is 32.6 Å². The van der Waals surface area contributed by atoms with E-state index in [-0.39, 0.29) is 24.4 Å². The lowest BCUT2D eigenvalue weighted by Crippen LogP contribution is -2.41. The van der Waals surface area contributed by atoms with Crippen LogP contribution in [0.1, 0.15) is 25.3 Å². The molecule has 0 bridgehead atoms. The summed E-state index contributed by atoms with van der Waals surface area (Å²) < 4.78 is 27.0. The summed E-state index contributed by atoms with van der Waals surface area (Å²) in [6, 6.07) is 3.37. The van der Waals surface area contributed by atoms with Crippen molar-refractivity contribution in [1.29, 1.82) is 0 Å². The largest absolute Gasteiger partial charge is 0.481 e. The zero-order chi connectivity index (χ0) is 17.7. The molecular weight excluding hydrogens is 318 g/mol. The molecule has 7 heteroatoms. The predicted octanol–water partition coefficient (Wildman–Crippen LogP) is 2.11. The van der Waals surface area contributed by atoms with Crippen molar-refractivity contribution in [3.05, 3.63) is 35.4 Å². The third kappa shape index (κ3) is 4.50. The van der Waals surface area contributed by atoms with Crippen molar-refractivity contribution < 1.29 is 23.5 Å². The molecule has 24 heavy (non-hydrogen) atoms. The van der Waals surface area contributed by atoms with Gasteiger partial charge < -0.3 is 10.0 Å². The van der Waals surface area contributed by atoms with Gasteiger partial charge in [0, 0.05) is 38.3 Å². The number of carbonyl (C=O) groups excluding carboxylic acids is 1. The molecule has 1 heterocycles. The van der Waals surface area contributed by atoms with Gasteiger partial charge >= 0.3 is 5.97 Å². The Balaban J connectivity index is 1.98. The Hall–Kier alpha value is -2.02. The maximum atomic E-state index is 13.7. The summed E-state index contributed by atoms with van der Waals surface area (Å²) in [6.07, 6.45) is 0.918. The monoisotopic (exact) mass is 340 g/mol.